The Bertz CT molecular complexity index is 203. The van der Waals surface area contributed by atoms with Crippen LogP contribution in [-0.2, 0) is 4.79 Å². The molecule has 2 nitrogen and oxygen atoms in total. The second kappa shape index (κ2) is 3.60. The molecular weight excluding hydrogens is 230 g/mol. The Kier molecular flexibility index (Phi) is 3.05. The number of carbonyl (C=O) groups is 1. The fourth-order valence-electron chi connectivity index (χ4n) is 1.22. The number of amides is 1. The SMILES string of the molecule is CC(C)(C)CNC(=O)C1(Br)CCC1. The van der Waals surface area contributed by atoms with Gasteiger partial charge in [-0.05, 0) is 24.7 Å². The minimum absolute atomic E-state index is 0.161. The molecule has 0 bridgehead atoms. The second-order valence-corrected chi connectivity index (χ2v) is 6.58. The number of alkyl halides is 1. The van der Waals surface area contributed by atoms with Gasteiger partial charge in [0.25, 0.3) is 0 Å². The first kappa shape index (κ1) is 11.0. The van der Waals surface area contributed by atoms with Gasteiger partial charge in [-0.1, -0.05) is 36.7 Å². The van der Waals surface area contributed by atoms with Gasteiger partial charge in [-0.3, -0.25) is 4.79 Å². The van der Waals surface area contributed by atoms with Gasteiger partial charge in [0, 0.05) is 6.54 Å². The predicted molar refractivity (Wildman–Crippen MR) is 58.0 cm³/mol. The van der Waals surface area contributed by atoms with Crippen molar-refractivity contribution >= 4 is 21.8 Å². The number of rotatable bonds is 2. The van der Waals surface area contributed by atoms with Crippen LogP contribution in [-0.4, -0.2) is 16.8 Å². The van der Waals surface area contributed by atoms with E-state index in [2.05, 4.69) is 42.0 Å². The molecule has 76 valence electrons. The van der Waals surface area contributed by atoms with Crippen LogP contribution < -0.4 is 5.32 Å². The summed E-state index contributed by atoms with van der Waals surface area (Å²) in [6.07, 6.45) is 3.11. The molecule has 0 heterocycles. The summed E-state index contributed by atoms with van der Waals surface area (Å²) in [5, 5.41) is 2.98. The number of halogens is 1. The molecule has 0 atom stereocenters. The van der Waals surface area contributed by atoms with Gasteiger partial charge in [-0.15, -0.1) is 0 Å². The molecule has 0 unspecified atom stereocenters. The Balaban J connectivity index is 2.34. The molecule has 0 radical (unpaired) electrons. The molecule has 1 N–H and O–H groups in total. The lowest BCUT2D eigenvalue weighted by atomic mass is 9.84. The monoisotopic (exact) mass is 247 g/mol. The standard InChI is InChI=1S/C10H18BrNO/c1-9(2,3)7-12-8(13)10(11)5-4-6-10/h4-7H2,1-3H3,(H,12,13). The molecular formula is C10H18BrNO. The summed E-state index contributed by atoms with van der Waals surface area (Å²) < 4.78 is -0.238. The van der Waals surface area contributed by atoms with E-state index < -0.39 is 0 Å². The zero-order chi connectivity index (χ0) is 10.1. The lowest BCUT2D eigenvalue weighted by Crippen LogP contribution is -2.48. The highest BCUT2D eigenvalue weighted by atomic mass is 79.9. The maximum absolute atomic E-state index is 11.6. The van der Waals surface area contributed by atoms with Crippen LogP contribution in [0.15, 0.2) is 0 Å². The van der Waals surface area contributed by atoms with Crippen molar-refractivity contribution in [2.45, 2.75) is 44.4 Å². The Morgan fingerprint density at radius 3 is 2.31 bits per heavy atom. The van der Waals surface area contributed by atoms with Crippen LogP contribution in [0.2, 0.25) is 0 Å². The zero-order valence-electron chi connectivity index (χ0n) is 8.61. The summed E-state index contributed by atoms with van der Waals surface area (Å²) in [7, 11) is 0. The van der Waals surface area contributed by atoms with Crippen LogP contribution in [0, 0.1) is 5.41 Å². The van der Waals surface area contributed by atoms with Crippen LogP contribution in [0.3, 0.4) is 0 Å². The molecule has 0 aromatic carbocycles. The van der Waals surface area contributed by atoms with Gasteiger partial charge >= 0.3 is 0 Å². The van der Waals surface area contributed by atoms with E-state index in [9.17, 15) is 4.79 Å². The van der Waals surface area contributed by atoms with Crippen molar-refractivity contribution in [3.05, 3.63) is 0 Å². The molecule has 13 heavy (non-hydrogen) atoms. The highest BCUT2D eigenvalue weighted by molar-refractivity contribution is 9.10. The Morgan fingerprint density at radius 1 is 1.46 bits per heavy atom. The molecule has 0 aromatic heterocycles. The van der Waals surface area contributed by atoms with Gasteiger partial charge in [-0.2, -0.15) is 0 Å². The first-order chi connectivity index (χ1) is 5.83. The highest BCUT2D eigenvalue weighted by Gasteiger charge is 2.41. The normalized spacial score (nSPS) is 20.6. The summed E-state index contributed by atoms with van der Waals surface area (Å²) in [6, 6.07) is 0. The van der Waals surface area contributed by atoms with E-state index in [0.717, 1.165) is 25.8 Å². The number of nitrogens with one attached hydrogen (secondary N) is 1. The Hall–Kier alpha value is -0.0500. The van der Waals surface area contributed by atoms with Crippen molar-refractivity contribution in [3.8, 4) is 0 Å². The van der Waals surface area contributed by atoms with Crippen molar-refractivity contribution in [1.82, 2.24) is 5.32 Å². The number of hydrogen-bond donors (Lipinski definition) is 1. The molecule has 3 heteroatoms. The van der Waals surface area contributed by atoms with Gasteiger partial charge in [0.05, 0.1) is 0 Å². The largest absolute Gasteiger partial charge is 0.354 e. The van der Waals surface area contributed by atoms with Crippen molar-refractivity contribution < 1.29 is 4.79 Å². The van der Waals surface area contributed by atoms with Crippen molar-refractivity contribution in [2.24, 2.45) is 5.41 Å². The van der Waals surface area contributed by atoms with Gasteiger partial charge in [0.1, 0.15) is 4.32 Å². The van der Waals surface area contributed by atoms with E-state index in [-0.39, 0.29) is 15.6 Å². The van der Waals surface area contributed by atoms with Gasteiger partial charge in [0.2, 0.25) is 5.91 Å². The molecule has 1 rings (SSSR count). The summed E-state index contributed by atoms with van der Waals surface area (Å²) in [4.78, 5) is 11.6. The molecule has 1 fully saturated rings. The quantitative estimate of drug-likeness (QED) is 0.747. The average Bonchev–Trinajstić information content (AvgIpc) is 1.94. The predicted octanol–water partition coefficient (Wildman–Crippen LogP) is 2.47. The fourth-order valence-corrected chi connectivity index (χ4v) is 1.92. The highest BCUT2D eigenvalue weighted by Crippen LogP contribution is 2.40. The average molecular weight is 248 g/mol. The van der Waals surface area contributed by atoms with E-state index in [1.54, 1.807) is 0 Å². The van der Waals surface area contributed by atoms with Gasteiger partial charge in [0.15, 0.2) is 0 Å². The van der Waals surface area contributed by atoms with Crippen molar-refractivity contribution in [3.63, 3.8) is 0 Å². The molecule has 0 saturated heterocycles. The molecule has 1 saturated carbocycles. The summed E-state index contributed by atoms with van der Waals surface area (Å²) in [5.41, 5.74) is 0.169. The molecule has 1 aliphatic rings. The van der Waals surface area contributed by atoms with Crippen molar-refractivity contribution in [2.75, 3.05) is 6.54 Å². The fraction of sp³-hybridized carbons (Fsp3) is 0.900. The molecule has 1 aliphatic carbocycles. The van der Waals surface area contributed by atoms with E-state index in [0.29, 0.717) is 0 Å². The number of carbonyl (C=O) groups excluding carboxylic acids is 1. The Morgan fingerprint density at radius 2 is 2.00 bits per heavy atom. The van der Waals surface area contributed by atoms with Crippen LogP contribution in [0.25, 0.3) is 0 Å². The number of hydrogen-bond acceptors (Lipinski definition) is 1. The maximum atomic E-state index is 11.6. The molecule has 0 aromatic rings. The minimum Gasteiger partial charge on any atom is -0.354 e. The first-order valence-corrected chi connectivity index (χ1v) is 5.60. The van der Waals surface area contributed by atoms with Crippen molar-refractivity contribution in [1.29, 1.82) is 0 Å². The molecule has 1 amide bonds. The zero-order valence-corrected chi connectivity index (χ0v) is 10.2. The van der Waals surface area contributed by atoms with E-state index in [1.807, 2.05) is 0 Å². The third-order valence-electron chi connectivity index (χ3n) is 2.33. The Labute approximate surface area is 88.6 Å². The van der Waals surface area contributed by atoms with E-state index in [4.69, 9.17) is 0 Å². The van der Waals surface area contributed by atoms with Crippen LogP contribution in [0.1, 0.15) is 40.0 Å². The lowest BCUT2D eigenvalue weighted by Gasteiger charge is -2.35. The van der Waals surface area contributed by atoms with Crippen LogP contribution in [0.4, 0.5) is 0 Å². The third kappa shape index (κ3) is 2.97. The second-order valence-electron chi connectivity index (χ2n) is 5.06. The third-order valence-corrected chi connectivity index (χ3v) is 3.49. The molecule has 0 aliphatic heterocycles. The summed E-state index contributed by atoms with van der Waals surface area (Å²) in [6.45, 7) is 7.11. The van der Waals surface area contributed by atoms with E-state index >= 15 is 0 Å². The summed E-state index contributed by atoms with van der Waals surface area (Å²) >= 11 is 3.49. The minimum atomic E-state index is -0.238. The topological polar surface area (TPSA) is 29.1 Å². The molecule has 0 spiro atoms. The van der Waals surface area contributed by atoms with Gasteiger partial charge < -0.3 is 5.32 Å². The summed E-state index contributed by atoms with van der Waals surface area (Å²) in [5.74, 6) is 0.161. The first-order valence-electron chi connectivity index (χ1n) is 4.81. The maximum Gasteiger partial charge on any atom is 0.236 e. The lowest BCUT2D eigenvalue weighted by molar-refractivity contribution is -0.125. The van der Waals surface area contributed by atoms with Crippen LogP contribution >= 0.6 is 15.9 Å². The van der Waals surface area contributed by atoms with Gasteiger partial charge in [-0.25, -0.2) is 0 Å². The van der Waals surface area contributed by atoms with Crippen LogP contribution in [0.5, 0.6) is 0 Å². The smallest absolute Gasteiger partial charge is 0.236 e. The van der Waals surface area contributed by atoms with E-state index in [1.165, 1.54) is 0 Å².